The smallest absolute Gasteiger partial charge is 0.0670 e. The van der Waals surface area contributed by atoms with Crippen molar-refractivity contribution in [2.75, 3.05) is 0 Å². The van der Waals surface area contributed by atoms with Crippen LogP contribution in [0, 0.1) is 0 Å². The summed E-state index contributed by atoms with van der Waals surface area (Å²) in [6, 6.07) is 6.41. The minimum atomic E-state index is 0.122. The first-order chi connectivity index (χ1) is 8.70. The van der Waals surface area contributed by atoms with Gasteiger partial charge in [-0.05, 0) is 49.4 Å². The SMILES string of the molecule is NNC(C1=CCCCCC1)c1cc(Br)cc(Br)c1. The summed E-state index contributed by atoms with van der Waals surface area (Å²) in [5.41, 5.74) is 5.58. The zero-order valence-electron chi connectivity index (χ0n) is 10.3. The Labute approximate surface area is 125 Å². The maximum atomic E-state index is 5.77. The van der Waals surface area contributed by atoms with Gasteiger partial charge in [0, 0.05) is 8.95 Å². The monoisotopic (exact) mass is 372 g/mol. The van der Waals surface area contributed by atoms with Crippen LogP contribution in [0.25, 0.3) is 0 Å². The van der Waals surface area contributed by atoms with Crippen LogP contribution in [-0.2, 0) is 0 Å². The molecule has 98 valence electrons. The molecule has 0 aliphatic heterocycles. The summed E-state index contributed by atoms with van der Waals surface area (Å²) in [5.74, 6) is 5.77. The Balaban J connectivity index is 2.29. The number of benzene rings is 1. The summed E-state index contributed by atoms with van der Waals surface area (Å²) >= 11 is 7.06. The molecule has 1 atom stereocenters. The Bertz CT molecular complexity index is 423. The molecule has 0 saturated carbocycles. The largest absolute Gasteiger partial charge is 0.271 e. The molecule has 3 N–H and O–H groups in total. The molecule has 0 amide bonds. The first-order valence-corrected chi connectivity index (χ1v) is 7.90. The highest BCUT2D eigenvalue weighted by molar-refractivity contribution is 9.11. The van der Waals surface area contributed by atoms with Gasteiger partial charge in [0.05, 0.1) is 6.04 Å². The molecule has 0 saturated heterocycles. The Morgan fingerprint density at radius 1 is 1.06 bits per heavy atom. The van der Waals surface area contributed by atoms with E-state index in [1.807, 2.05) is 6.07 Å². The highest BCUT2D eigenvalue weighted by Crippen LogP contribution is 2.31. The van der Waals surface area contributed by atoms with Crippen molar-refractivity contribution in [3.63, 3.8) is 0 Å². The van der Waals surface area contributed by atoms with Gasteiger partial charge in [0.15, 0.2) is 0 Å². The predicted molar refractivity (Wildman–Crippen MR) is 83.1 cm³/mol. The van der Waals surface area contributed by atoms with E-state index >= 15 is 0 Å². The second kappa shape index (κ2) is 6.85. The van der Waals surface area contributed by atoms with Crippen molar-refractivity contribution in [2.45, 2.75) is 38.1 Å². The van der Waals surface area contributed by atoms with Crippen LogP contribution in [-0.4, -0.2) is 0 Å². The molecule has 0 bridgehead atoms. The lowest BCUT2D eigenvalue weighted by molar-refractivity contribution is 0.592. The van der Waals surface area contributed by atoms with E-state index in [4.69, 9.17) is 5.84 Å². The van der Waals surface area contributed by atoms with Crippen molar-refractivity contribution in [2.24, 2.45) is 5.84 Å². The Kier molecular flexibility index (Phi) is 5.42. The lowest BCUT2D eigenvalue weighted by atomic mass is 9.96. The van der Waals surface area contributed by atoms with Gasteiger partial charge in [0.1, 0.15) is 0 Å². The van der Waals surface area contributed by atoms with Crippen molar-refractivity contribution in [3.8, 4) is 0 Å². The Morgan fingerprint density at radius 3 is 2.44 bits per heavy atom. The third-order valence-corrected chi connectivity index (χ3v) is 4.25. The topological polar surface area (TPSA) is 38.0 Å². The standard InChI is InChI=1S/C14H18Br2N2/c15-12-7-11(8-13(16)9-12)14(18-17)10-5-3-1-2-4-6-10/h5,7-9,14,18H,1-4,6,17H2. The fourth-order valence-corrected chi connectivity index (χ4v) is 3.79. The van der Waals surface area contributed by atoms with Gasteiger partial charge in [0.25, 0.3) is 0 Å². The van der Waals surface area contributed by atoms with Gasteiger partial charge in [-0.1, -0.05) is 49.9 Å². The van der Waals surface area contributed by atoms with Gasteiger partial charge in [-0.2, -0.15) is 0 Å². The van der Waals surface area contributed by atoms with E-state index in [0.29, 0.717) is 0 Å². The van der Waals surface area contributed by atoms with Gasteiger partial charge in [-0.3, -0.25) is 5.84 Å². The number of hydrogen-bond acceptors (Lipinski definition) is 2. The molecule has 0 radical (unpaired) electrons. The fourth-order valence-electron chi connectivity index (χ4n) is 2.46. The molecule has 0 fully saturated rings. The van der Waals surface area contributed by atoms with E-state index in [1.54, 1.807) is 0 Å². The van der Waals surface area contributed by atoms with Gasteiger partial charge >= 0.3 is 0 Å². The highest BCUT2D eigenvalue weighted by atomic mass is 79.9. The molecular formula is C14H18Br2N2. The van der Waals surface area contributed by atoms with E-state index in [2.05, 4.69) is 55.5 Å². The van der Waals surface area contributed by atoms with Crippen LogP contribution in [0.5, 0.6) is 0 Å². The van der Waals surface area contributed by atoms with Crippen molar-refractivity contribution >= 4 is 31.9 Å². The molecule has 1 aromatic rings. The number of allylic oxidation sites excluding steroid dienone is 1. The normalized spacial score (nSPS) is 18.1. The summed E-state index contributed by atoms with van der Waals surface area (Å²) in [7, 11) is 0. The summed E-state index contributed by atoms with van der Waals surface area (Å²) in [6.45, 7) is 0. The number of nitrogens with one attached hydrogen (secondary N) is 1. The molecule has 0 heterocycles. The van der Waals surface area contributed by atoms with Crippen LogP contribution < -0.4 is 11.3 Å². The van der Waals surface area contributed by atoms with Crippen molar-refractivity contribution < 1.29 is 0 Å². The first kappa shape index (κ1) is 14.3. The van der Waals surface area contributed by atoms with Crippen LogP contribution in [0.2, 0.25) is 0 Å². The molecule has 1 aliphatic rings. The number of hydrogen-bond donors (Lipinski definition) is 2. The van der Waals surface area contributed by atoms with E-state index in [9.17, 15) is 0 Å². The first-order valence-electron chi connectivity index (χ1n) is 6.32. The molecule has 2 rings (SSSR count). The number of hydrazine groups is 1. The average Bonchev–Trinajstić information content (AvgIpc) is 2.58. The maximum Gasteiger partial charge on any atom is 0.0670 e. The van der Waals surface area contributed by atoms with Gasteiger partial charge in [-0.15, -0.1) is 0 Å². The zero-order chi connectivity index (χ0) is 13.0. The third-order valence-electron chi connectivity index (χ3n) is 3.33. The molecule has 1 unspecified atom stereocenters. The molecule has 1 aliphatic carbocycles. The lowest BCUT2D eigenvalue weighted by Crippen LogP contribution is -2.29. The van der Waals surface area contributed by atoms with Crippen molar-refractivity contribution in [1.82, 2.24) is 5.43 Å². The number of halogens is 2. The molecule has 0 aromatic heterocycles. The second-order valence-electron chi connectivity index (χ2n) is 4.68. The van der Waals surface area contributed by atoms with Crippen molar-refractivity contribution in [1.29, 1.82) is 0 Å². The van der Waals surface area contributed by atoms with E-state index in [1.165, 1.54) is 36.8 Å². The minimum Gasteiger partial charge on any atom is -0.271 e. The van der Waals surface area contributed by atoms with Crippen molar-refractivity contribution in [3.05, 3.63) is 44.4 Å². The fraction of sp³-hybridized carbons (Fsp3) is 0.429. The van der Waals surface area contributed by atoms with Crippen LogP contribution in [0.4, 0.5) is 0 Å². The van der Waals surface area contributed by atoms with Crippen LogP contribution in [0.15, 0.2) is 38.8 Å². The molecule has 4 heteroatoms. The minimum absolute atomic E-state index is 0.122. The third kappa shape index (κ3) is 3.67. The Hall–Kier alpha value is -0.160. The molecule has 1 aromatic carbocycles. The summed E-state index contributed by atoms with van der Waals surface area (Å²) in [5, 5.41) is 0. The number of nitrogens with two attached hydrogens (primary N) is 1. The molecule has 2 nitrogen and oxygen atoms in total. The van der Waals surface area contributed by atoms with E-state index < -0.39 is 0 Å². The highest BCUT2D eigenvalue weighted by Gasteiger charge is 2.17. The molecule has 18 heavy (non-hydrogen) atoms. The van der Waals surface area contributed by atoms with Gasteiger partial charge in [-0.25, -0.2) is 5.43 Å². The lowest BCUT2D eigenvalue weighted by Gasteiger charge is -2.20. The van der Waals surface area contributed by atoms with Gasteiger partial charge < -0.3 is 0 Å². The zero-order valence-corrected chi connectivity index (χ0v) is 13.4. The summed E-state index contributed by atoms with van der Waals surface area (Å²) in [6.07, 6.45) is 8.54. The number of rotatable bonds is 3. The van der Waals surface area contributed by atoms with E-state index in [0.717, 1.165) is 15.4 Å². The predicted octanol–water partition coefficient (Wildman–Crippen LogP) is 4.61. The molecular weight excluding hydrogens is 356 g/mol. The van der Waals surface area contributed by atoms with Gasteiger partial charge in [0.2, 0.25) is 0 Å². The quantitative estimate of drug-likeness (QED) is 0.461. The van der Waals surface area contributed by atoms with Crippen LogP contribution in [0.1, 0.15) is 43.7 Å². The van der Waals surface area contributed by atoms with E-state index in [-0.39, 0.29) is 6.04 Å². The summed E-state index contributed by atoms with van der Waals surface area (Å²) in [4.78, 5) is 0. The maximum absolute atomic E-state index is 5.77. The molecule has 0 spiro atoms. The second-order valence-corrected chi connectivity index (χ2v) is 6.51. The average molecular weight is 374 g/mol. The summed E-state index contributed by atoms with van der Waals surface area (Å²) < 4.78 is 2.14. The van der Waals surface area contributed by atoms with Crippen LogP contribution >= 0.6 is 31.9 Å². The Morgan fingerprint density at radius 2 is 1.78 bits per heavy atom. The van der Waals surface area contributed by atoms with Crippen LogP contribution in [0.3, 0.4) is 0 Å².